The van der Waals surface area contributed by atoms with E-state index in [-0.39, 0.29) is 12.1 Å². The molecule has 0 aliphatic heterocycles. The third-order valence-corrected chi connectivity index (χ3v) is 4.93. The van der Waals surface area contributed by atoms with Gasteiger partial charge in [0.25, 0.3) is 0 Å². The van der Waals surface area contributed by atoms with Gasteiger partial charge < -0.3 is 10.1 Å². The summed E-state index contributed by atoms with van der Waals surface area (Å²) in [6.45, 7) is 5.64. The van der Waals surface area contributed by atoms with Gasteiger partial charge in [-0.2, -0.15) is 0 Å². The molecule has 0 aromatic carbocycles. The predicted octanol–water partition coefficient (Wildman–Crippen LogP) is 4.46. The van der Waals surface area contributed by atoms with Crippen LogP contribution in [0.2, 0.25) is 0 Å². The van der Waals surface area contributed by atoms with E-state index in [1.165, 1.54) is 5.01 Å². The molecule has 1 aromatic rings. The second-order valence-electron chi connectivity index (χ2n) is 6.20. The van der Waals surface area contributed by atoms with E-state index in [9.17, 15) is 4.79 Å². The lowest BCUT2D eigenvalue weighted by atomic mass is 9.86. The number of nitrogens with one attached hydrogen (secondary N) is 1. The van der Waals surface area contributed by atoms with E-state index in [0.717, 1.165) is 29.5 Å². The Morgan fingerprint density at radius 3 is 2.55 bits per heavy atom. The zero-order chi connectivity index (χ0) is 14.8. The first-order chi connectivity index (χ1) is 9.33. The number of rotatable bonds is 2. The Morgan fingerprint density at radius 1 is 1.40 bits per heavy atom. The maximum absolute atomic E-state index is 11.7. The van der Waals surface area contributed by atoms with Crippen molar-refractivity contribution < 1.29 is 9.53 Å². The molecule has 1 heterocycles. The Morgan fingerprint density at radius 2 is 2.05 bits per heavy atom. The van der Waals surface area contributed by atoms with E-state index < -0.39 is 5.60 Å². The fraction of sp³-hybridized carbons (Fsp3) is 0.714. The highest BCUT2D eigenvalue weighted by Crippen LogP contribution is 2.36. The van der Waals surface area contributed by atoms with E-state index in [1.54, 1.807) is 11.3 Å². The van der Waals surface area contributed by atoms with E-state index in [0.29, 0.717) is 5.92 Å². The van der Waals surface area contributed by atoms with E-state index in [4.69, 9.17) is 4.74 Å². The largest absolute Gasteiger partial charge is 0.444 e. The van der Waals surface area contributed by atoms with Crippen LogP contribution in [0.25, 0.3) is 0 Å². The summed E-state index contributed by atoms with van der Waals surface area (Å²) >= 11 is 5.16. The molecule has 0 atom stereocenters. The first-order valence-corrected chi connectivity index (χ1v) is 8.55. The van der Waals surface area contributed by atoms with Crippen LogP contribution in [0, 0.1) is 0 Å². The van der Waals surface area contributed by atoms with E-state index >= 15 is 0 Å². The van der Waals surface area contributed by atoms with Crippen LogP contribution in [0.4, 0.5) is 4.79 Å². The zero-order valence-electron chi connectivity index (χ0n) is 12.1. The standard InChI is InChI=1S/C14H21BrN2O2S/c1-14(2,3)19-13(18)17-10-6-4-9(5-7-10)12-16-8-11(15)20-12/h8-10H,4-7H2,1-3H3,(H,17,18). The number of carbonyl (C=O) groups is 1. The number of thiazole rings is 1. The molecule has 0 radical (unpaired) electrons. The van der Waals surface area contributed by atoms with Crippen molar-refractivity contribution in [2.45, 2.75) is 64.0 Å². The molecule has 112 valence electrons. The fourth-order valence-corrected chi connectivity index (χ4v) is 3.83. The van der Waals surface area contributed by atoms with Crippen LogP contribution in [0.3, 0.4) is 0 Å². The number of carbonyl (C=O) groups excluding carboxylic acids is 1. The number of alkyl carbamates (subject to hydrolysis) is 1. The molecule has 6 heteroatoms. The van der Waals surface area contributed by atoms with Gasteiger partial charge in [0.2, 0.25) is 0 Å². The summed E-state index contributed by atoms with van der Waals surface area (Å²) in [5, 5.41) is 4.17. The van der Waals surface area contributed by atoms with Crippen molar-refractivity contribution >= 4 is 33.4 Å². The van der Waals surface area contributed by atoms with Crippen molar-refractivity contribution in [2.24, 2.45) is 0 Å². The second-order valence-corrected chi connectivity index (χ2v) is 8.64. The summed E-state index contributed by atoms with van der Waals surface area (Å²) in [5.41, 5.74) is -0.436. The van der Waals surface area contributed by atoms with Crippen LogP contribution in [-0.4, -0.2) is 22.7 Å². The highest BCUT2D eigenvalue weighted by Gasteiger charge is 2.26. The summed E-state index contributed by atoms with van der Waals surface area (Å²) in [6, 6.07) is 0.226. The topological polar surface area (TPSA) is 51.2 Å². The average molecular weight is 361 g/mol. The van der Waals surface area contributed by atoms with Crippen molar-refractivity contribution in [3.8, 4) is 0 Å². The molecule has 1 saturated carbocycles. The molecule has 1 aliphatic rings. The van der Waals surface area contributed by atoms with E-state index in [1.807, 2.05) is 27.0 Å². The van der Waals surface area contributed by atoms with Crippen LogP contribution in [0.1, 0.15) is 57.4 Å². The van der Waals surface area contributed by atoms with Gasteiger partial charge in [-0.25, -0.2) is 9.78 Å². The zero-order valence-corrected chi connectivity index (χ0v) is 14.5. The lowest BCUT2D eigenvalue weighted by Crippen LogP contribution is -2.40. The van der Waals surface area contributed by atoms with Gasteiger partial charge in [0.1, 0.15) is 5.60 Å². The number of nitrogens with zero attached hydrogens (tertiary/aromatic N) is 1. The molecular weight excluding hydrogens is 340 g/mol. The van der Waals surface area contributed by atoms with Crippen molar-refractivity contribution in [1.82, 2.24) is 10.3 Å². The Kier molecular flexibility index (Phi) is 5.07. The number of hydrogen-bond acceptors (Lipinski definition) is 4. The van der Waals surface area contributed by atoms with Gasteiger partial charge in [0, 0.05) is 12.0 Å². The molecule has 20 heavy (non-hydrogen) atoms. The van der Waals surface area contributed by atoms with Crippen molar-refractivity contribution in [3.05, 3.63) is 15.0 Å². The molecule has 0 unspecified atom stereocenters. The average Bonchev–Trinajstić information content (AvgIpc) is 2.74. The Bertz CT molecular complexity index is 462. The number of aromatic nitrogens is 1. The van der Waals surface area contributed by atoms with Crippen LogP contribution < -0.4 is 5.32 Å². The Balaban J connectivity index is 1.78. The maximum Gasteiger partial charge on any atom is 0.407 e. The molecule has 1 fully saturated rings. The maximum atomic E-state index is 11.7. The van der Waals surface area contributed by atoms with Gasteiger partial charge in [0.15, 0.2) is 0 Å². The quantitative estimate of drug-likeness (QED) is 0.846. The minimum atomic E-state index is -0.436. The third kappa shape index (κ3) is 4.74. The lowest BCUT2D eigenvalue weighted by molar-refractivity contribution is 0.0491. The second kappa shape index (κ2) is 6.43. The first kappa shape index (κ1) is 15.8. The molecule has 0 spiro atoms. The fourth-order valence-electron chi connectivity index (χ4n) is 2.41. The van der Waals surface area contributed by atoms with Crippen LogP contribution in [0.15, 0.2) is 9.98 Å². The number of hydrogen-bond donors (Lipinski definition) is 1. The number of halogens is 1. The van der Waals surface area contributed by atoms with Crippen molar-refractivity contribution in [1.29, 1.82) is 0 Å². The van der Waals surface area contributed by atoms with Gasteiger partial charge in [0.05, 0.1) is 15.0 Å². The normalized spacial score (nSPS) is 23.4. The highest BCUT2D eigenvalue weighted by molar-refractivity contribution is 9.11. The SMILES string of the molecule is CC(C)(C)OC(=O)NC1CCC(c2ncc(Br)s2)CC1. The predicted molar refractivity (Wildman–Crippen MR) is 84.2 cm³/mol. The minimum Gasteiger partial charge on any atom is -0.444 e. The monoisotopic (exact) mass is 360 g/mol. The number of ether oxygens (including phenoxy) is 1. The van der Waals surface area contributed by atoms with Crippen LogP contribution >= 0.6 is 27.3 Å². The first-order valence-electron chi connectivity index (χ1n) is 6.94. The molecule has 0 saturated heterocycles. The molecule has 0 bridgehead atoms. The van der Waals surface area contributed by atoms with Crippen molar-refractivity contribution in [3.63, 3.8) is 0 Å². The van der Waals surface area contributed by atoms with Gasteiger partial charge >= 0.3 is 6.09 Å². The van der Waals surface area contributed by atoms with Gasteiger partial charge in [-0.15, -0.1) is 11.3 Å². The molecule has 1 amide bonds. The lowest BCUT2D eigenvalue weighted by Gasteiger charge is -2.29. The third-order valence-electron chi connectivity index (χ3n) is 3.29. The molecule has 2 rings (SSSR count). The molecule has 4 nitrogen and oxygen atoms in total. The van der Waals surface area contributed by atoms with Gasteiger partial charge in [-0.05, 0) is 62.4 Å². The smallest absolute Gasteiger partial charge is 0.407 e. The Hall–Kier alpha value is -0.620. The van der Waals surface area contributed by atoms with Gasteiger partial charge in [-0.3, -0.25) is 0 Å². The highest BCUT2D eigenvalue weighted by atomic mass is 79.9. The Labute approximate surface area is 132 Å². The summed E-state index contributed by atoms with van der Waals surface area (Å²) in [6.07, 6.45) is 5.67. The summed E-state index contributed by atoms with van der Waals surface area (Å²) in [7, 11) is 0. The summed E-state index contributed by atoms with van der Waals surface area (Å²) in [5.74, 6) is 0.531. The molecule has 1 aromatic heterocycles. The van der Waals surface area contributed by atoms with E-state index in [2.05, 4.69) is 26.2 Å². The van der Waals surface area contributed by atoms with Crippen LogP contribution in [-0.2, 0) is 4.74 Å². The minimum absolute atomic E-state index is 0.226. The summed E-state index contributed by atoms with van der Waals surface area (Å²) < 4.78 is 6.37. The van der Waals surface area contributed by atoms with Crippen molar-refractivity contribution in [2.75, 3.05) is 0 Å². The summed E-state index contributed by atoms with van der Waals surface area (Å²) in [4.78, 5) is 16.2. The molecule has 1 aliphatic carbocycles. The molecule has 1 N–H and O–H groups in total. The van der Waals surface area contributed by atoms with Gasteiger partial charge in [-0.1, -0.05) is 0 Å². The molecular formula is C14H21BrN2O2S. The van der Waals surface area contributed by atoms with Crippen LogP contribution in [0.5, 0.6) is 0 Å². The number of amides is 1.